The quantitative estimate of drug-likeness (QED) is 0.0442. The van der Waals surface area contributed by atoms with Crippen LogP contribution < -0.4 is 20.4 Å². The summed E-state index contributed by atoms with van der Waals surface area (Å²) in [5.74, 6) is 1.78. The highest BCUT2D eigenvalue weighted by Gasteiger charge is 2.53. The predicted octanol–water partition coefficient (Wildman–Crippen LogP) is 13.4. The van der Waals surface area contributed by atoms with E-state index in [1.807, 2.05) is 0 Å². The van der Waals surface area contributed by atoms with Gasteiger partial charge < -0.3 is 28.1 Å². The molecule has 0 spiro atoms. The summed E-state index contributed by atoms with van der Waals surface area (Å²) in [6, 6.07) is 30.8. The fourth-order valence-electron chi connectivity index (χ4n) is 8.71. The lowest BCUT2D eigenvalue weighted by atomic mass is 9.74. The third kappa shape index (κ3) is 10.1. The second-order valence-corrected chi connectivity index (χ2v) is 19.8. The zero-order valence-corrected chi connectivity index (χ0v) is 39.6. The van der Waals surface area contributed by atoms with Gasteiger partial charge in [0.15, 0.2) is 0 Å². The van der Waals surface area contributed by atoms with Gasteiger partial charge in [0.25, 0.3) is 0 Å². The minimum atomic E-state index is -0.497. The van der Waals surface area contributed by atoms with Crippen molar-refractivity contribution in [2.75, 3.05) is 13.2 Å². The molecule has 0 N–H and O–H groups in total. The minimum Gasteiger partial charge on any atom is -0.494 e. The second kappa shape index (κ2) is 19.5. The highest BCUT2D eigenvalue weighted by Crippen LogP contribution is 2.46. The normalized spacial score (nSPS) is 17.6. The standard InChI is InChI=1S/C54H72B2O6/c1-11-13-15-17-19-21-35-57-43-29-23-39(24-30-43)49-47-37-41(55-59-51(3,4)52(5,6)60-55)27-33-45(47)46-34-28-42(56-61-53(7,8)54(9,10)62-56)38-48(46)50(49)40-25-31-44(32-26-40)58-36-22-20-18-16-14-12-2/h23-34,37-38H,11-22,35-36H2,1-10H3. The summed E-state index contributed by atoms with van der Waals surface area (Å²) in [5.41, 5.74) is 4.64. The van der Waals surface area contributed by atoms with Gasteiger partial charge in [0.05, 0.1) is 35.6 Å². The van der Waals surface area contributed by atoms with Crippen LogP contribution in [0.3, 0.4) is 0 Å². The molecule has 62 heavy (non-hydrogen) atoms. The Bertz CT molecular complexity index is 2070. The molecule has 2 aliphatic rings. The van der Waals surface area contributed by atoms with Gasteiger partial charge in [0.1, 0.15) is 11.5 Å². The average molecular weight is 839 g/mol. The van der Waals surface area contributed by atoms with Crippen molar-refractivity contribution in [2.24, 2.45) is 0 Å². The van der Waals surface area contributed by atoms with Crippen molar-refractivity contribution in [3.05, 3.63) is 84.9 Å². The molecule has 0 aromatic heterocycles. The number of ether oxygens (including phenoxy) is 2. The molecule has 2 aliphatic heterocycles. The lowest BCUT2D eigenvalue weighted by molar-refractivity contribution is 0.00578. The molecule has 6 nitrogen and oxygen atoms in total. The molecule has 0 amide bonds. The maximum atomic E-state index is 6.64. The lowest BCUT2D eigenvalue weighted by Crippen LogP contribution is -2.41. The van der Waals surface area contributed by atoms with Crippen LogP contribution in [0.25, 0.3) is 43.8 Å². The van der Waals surface area contributed by atoms with Crippen LogP contribution in [0.4, 0.5) is 0 Å². The van der Waals surface area contributed by atoms with Crippen molar-refractivity contribution in [1.82, 2.24) is 0 Å². The molecule has 330 valence electrons. The van der Waals surface area contributed by atoms with Crippen LogP contribution in [0.15, 0.2) is 84.9 Å². The molecule has 5 aromatic rings. The molecule has 0 aliphatic carbocycles. The molecule has 0 atom stereocenters. The van der Waals surface area contributed by atoms with Gasteiger partial charge in [-0.1, -0.05) is 139 Å². The van der Waals surface area contributed by atoms with Crippen LogP contribution in [0.1, 0.15) is 146 Å². The Balaban J connectivity index is 1.34. The van der Waals surface area contributed by atoms with E-state index in [4.69, 9.17) is 28.1 Å². The number of rotatable bonds is 20. The van der Waals surface area contributed by atoms with E-state index in [0.717, 1.165) is 92.3 Å². The van der Waals surface area contributed by atoms with Gasteiger partial charge >= 0.3 is 14.2 Å². The fraction of sp³-hybridized carbons (Fsp3) is 0.519. The van der Waals surface area contributed by atoms with Crippen LogP contribution in [0.5, 0.6) is 11.5 Å². The molecular formula is C54H72B2O6. The van der Waals surface area contributed by atoms with E-state index in [-0.39, 0.29) is 0 Å². The van der Waals surface area contributed by atoms with Crippen molar-refractivity contribution in [3.63, 3.8) is 0 Å². The molecule has 0 radical (unpaired) electrons. The number of benzene rings is 5. The summed E-state index contributed by atoms with van der Waals surface area (Å²) < 4.78 is 39.2. The fourth-order valence-corrected chi connectivity index (χ4v) is 8.71. The van der Waals surface area contributed by atoms with Crippen molar-refractivity contribution >= 4 is 46.7 Å². The highest BCUT2D eigenvalue weighted by atomic mass is 16.7. The van der Waals surface area contributed by atoms with E-state index in [9.17, 15) is 0 Å². The Kier molecular flexibility index (Phi) is 14.5. The summed E-state index contributed by atoms with van der Waals surface area (Å²) in [5, 5.41) is 4.57. The third-order valence-electron chi connectivity index (χ3n) is 14.0. The Labute approximate surface area is 374 Å². The van der Waals surface area contributed by atoms with Gasteiger partial charge in [-0.25, -0.2) is 0 Å². The van der Waals surface area contributed by atoms with Gasteiger partial charge in [0, 0.05) is 0 Å². The van der Waals surface area contributed by atoms with E-state index in [2.05, 4.69) is 154 Å². The molecule has 0 bridgehead atoms. The van der Waals surface area contributed by atoms with E-state index in [1.54, 1.807) is 0 Å². The molecule has 0 saturated carbocycles. The van der Waals surface area contributed by atoms with E-state index in [0.29, 0.717) is 0 Å². The molecule has 8 heteroatoms. The van der Waals surface area contributed by atoms with E-state index < -0.39 is 36.6 Å². The number of fused-ring (bicyclic) bond motifs is 3. The first kappa shape index (κ1) is 46.2. The topological polar surface area (TPSA) is 55.4 Å². The average Bonchev–Trinajstić information content (AvgIpc) is 3.61. The summed E-state index contributed by atoms with van der Waals surface area (Å²) in [7, 11) is -0.994. The minimum absolute atomic E-state index is 0.460. The Morgan fingerprint density at radius 1 is 0.387 bits per heavy atom. The molecule has 7 rings (SSSR count). The molecule has 2 saturated heterocycles. The van der Waals surface area contributed by atoms with Gasteiger partial charge in [0.2, 0.25) is 0 Å². The number of hydrogen-bond donors (Lipinski definition) is 0. The van der Waals surface area contributed by atoms with Crippen LogP contribution in [-0.4, -0.2) is 49.9 Å². The summed E-state index contributed by atoms with van der Waals surface area (Å²) >= 11 is 0. The first-order valence-corrected chi connectivity index (χ1v) is 23.9. The van der Waals surface area contributed by atoms with Crippen LogP contribution in [0, 0.1) is 0 Å². The monoisotopic (exact) mass is 839 g/mol. The first-order chi connectivity index (χ1) is 29.6. The van der Waals surface area contributed by atoms with Crippen molar-refractivity contribution < 1.29 is 28.1 Å². The van der Waals surface area contributed by atoms with E-state index in [1.165, 1.54) is 64.2 Å². The predicted molar refractivity (Wildman–Crippen MR) is 261 cm³/mol. The van der Waals surface area contributed by atoms with Gasteiger partial charge in [-0.2, -0.15) is 0 Å². The largest absolute Gasteiger partial charge is 0.494 e. The van der Waals surface area contributed by atoms with Crippen LogP contribution in [-0.2, 0) is 18.6 Å². The van der Waals surface area contributed by atoms with Gasteiger partial charge in [-0.05, 0) is 147 Å². The van der Waals surface area contributed by atoms with E-state index >= 15 is 0 Å². The van der Waals surface area contributed by atoms with Crippen molar-refractivity contribution in [3.8, 4) is 33.8 Å². The number of unbranched alkanes of at least 4 members (excludes halogenated alkanes) is 10. The highest BCUT2D eigenvalue weighted by molar-refractivity contribution is 6.63. The van der Waals surface area contributed by atoms with Gasteiger partial charge in [-0.15, -0.1) is 0 Å². The summed E-state index contributed by atoms with van der Waals surface area (Å²) in [6.45, 7) is 22.9. The maximum absolute atomic E-state index is 6.64. The molecule has 0 unspecified atom stereocenters. The summed E-state index contributed by atoms with van der Waals surface area (Å²) in [4.78, 5) is 0. The molecule has 5 aromatic carbocycles. The zero-order valence-electron chi connectivity index (χ0n) is 39.6. The van der Waals surface area contributed by atoms with Crippen LogP contribution in [0.2, 0.25) is 0 Å². The molecule has 2 heterocycles. The molecular weight excluding hydrogens is 766 g/mol. The van der Waals surface area contributed by atoms with Crippen molar-refractivity contribution in [1.29, 1.82) is 0 Å². The summed E-state index contributed by atoms with van der Waals surface area (Å²) in [6.07, 6.45) is 14.8. The number of hydrogen-bond acceptors (Lipinski definition) is 6. The first-order valence-electron chi connectivity index (χ1n) is 23.9. The Hall–Kier alpha value is -3.81. The molecule has 2 fully saturated rings. The van der Waals surface area contributed by atoms with Crippen molar-refractivity contribution in [2.45, 2.75) is 169 Å². The Morgan fingerprint density at radius 2 is 0.710 bits per heavy atom. The lowest BCUT2D eigenvalue weighted by Gasteiger charge is -2.32. The SMILES string of the molecule is CCCCCCCCOc1ccc(-c2c(-c3ccc(OCCCCCCCC)cc3)c3cc(B4OC(C)(C)C(C)(C)O4)ccc3c3ccc(B4OC(C)(C)C(C)(C)O4)cc23)cc1. The smallest absolute Gasteiger partial charge is 0.494 e. The third-order valence-corrected chi connectivity index (χ3v) is 14.0. The maximum Gasteiger partial charge on any atom is 0.494 e. The second-order valence-electron chi connectivity index (χ2n) is 19.8. The van der Waals surface area contributed by atoms with Gasteiger partial charge in [-0.3, -0.25) is 0 Å². The zero-order chi connectivity index (χ0) is 44.1. The van der Waals surface area contributed by atoms with Crippen LogP contribution >= 0.6 is 0 Å². The Morgan fingerprint density at radius 3 is 1.05 bits per heavy atom.